The summed E-state index contributed by atoms with van der Waals surface area (Å²) in [6, 6.07) is 3.10. The van der Waals surface area contributed by atoms with Crippen molar-refractivity contribution in [2.24, 2.45) is 0 Å². The van der Waals surface area contributed by atoms with Crippen LogP contribution in [0.25, 0.3) is 11.2 Å². The molecule has 140 valence electrons. The molecule has 3 aromatic rings. The molecule has 2 N–H and O–H groups in total. The quantitative estimate of drug-likeness (QED) is 0.480. The number of nitrogens with one attached hydrogen (secondary N) is 2. The second kappa shape index (κ2) is 7.66. The Bertz CT molecular complexity index is 1080. The number of halogens is 4. The molecular weight excluding hydrogens is 399 g/mol. The van der Waals surface area contributed by atoms with Gasteiger partial charge in [0, 0.05) is 17.9 Å². The maximum Gasteiger partial charge on any atom is 0.416 e. The Morgan fingerprint density at radius 3 is 2.85 bits per heavy atom. The first-order valence-corrected chi connectivity index (χ1v) is 8.97. The molecule has 0 aliphatic carbocycles. The van der Waals surface area contributed by atoms with Crippen molar-refractivity contribution < 1.29 is 13.2 Å². The van der Waals surface area contributed by atoms with Gasteiger partial charge in [0.1, 0.15) is 5.52 Å². The Hall–Kier alpha value is -2.44. The fourth-order valence-corrected chi connectivity index (χ4v) is 3.47. The van der Waals surface area contributed by atoms with Gasteiger partial charge in [-0.1, -0.05) is 23.4 Å². The predicted octanol–water partition coefficient (Wildman–Crippen LogP) is 4.48. The summed E-state index contributed by atoms with van der Waals surface area (Å²) < 4.78 is 40.5. The van der Waals surface area contributed by atoms with E-state index < -0.39 is 11.7 Å². The maximum atomic E-state index is 12.9. The molecular formula is C17H13ClF3N5S. The summed E-state index contributed by atoms with van der Waals surface area (Å²) in [6.07, 6.45) is 3.58. The Kier molecular flexibility index (Phi) is 5.48. The zero-order valence-corrected chi connectivity index (χ0v) is 15.3. The van der Waals surface area contributed by atoms with E-state index >= 15 is 0 Å². The molecule has 0 aliphatic heterocycles. The van der Waals surface area contributed by atoms with Gasteiger partial charge in [-0.3, -0.25) is 5.41 Å². The van der Waals surface area contributed by atoms with Crippen LogP contribution in [0.15, 0.2) is 34.6 Å². The van der Waals surface area contributed by atoms with Crippen LogP contribution in [0, 0.1) is 17.8 Å². The van der Waals surface area contributed by atoms with Crippen molar-refractivity contribution in [1.82, 2.24) is 19.5 Å². The lowest BCUT2D eigenvalue weighted by Crippen LogP contribution is -2.12. The first-order valence-electron chi connectivity index (χ1n) is 7.77. The minimum Gasteiger partial charge on any atom is -0.328 e. The van der Waals surface area contributed by atoms with E-state index in [4.69, 9.17) is 23.4 Å². The molecule has 27 heavy (non-hydrogen) atoms. The molecule has 2 aromatic heterocycles. The number of hydrogen-bond donors (Lipinski definition) is 2. The van der Waals surface area contributed by atoms with Crippen molar-refractivity contribution in [1.29, 1.82) is 5.41 Å². The van der Waals surface area contributed by atoms with Gasteiger partial charge in [-0.25, -0.2) is 9.97 Å². The third kappa shape index (κ3) is 4.28. The zero-order valence-electron chi connectivity index (χ0n) is 13.8. The molecule has 0 saturated heterocycles. The van der Waals surface area contributed by atoms with Crippen molar-refractivity contribution in [2.45, 2.75) is 35.6 Å². The standard InChI is InChI=1S/C17H13ClF3N5S/c1-2-3-4-7-26-9-23-14(22)13-15(26)25-16(24-13)27-12-8-10(17(19,20)21)5-6-11(12)18/h1,5-6,8-9,22H,3-4,7H2,(H,24,25). The average molecular weight is 412 g/mol. The second-order valence-corrected chi connectivity index (χ2v) is 7.02. The topological polar surface area (TPSA) is 70.3 Å². The molecule has 5 nitrogen and oxygen atoms in total. The Morgan fingerprint density at radius 2 is 2.15 bits per heavy atom. The van der Waals surface area contributed by atoms with Gasteiger partial charge in [-0.2, -0.15) is 13.2 Å². The van der Waals surface area contributed by atoms with E-state index in [2.05, 4.69) is 20.9 Å². The number of aryl methyl sites for hydroxylation is 1. The van der Waals surface area contributed by atoms with E-state index in [0.29, 0.717) is 35.7 Å². The lowest BCUT2D eigenvalue weighted by molar-refractivity contribution is -0.137. The molecule has 1 aromatic carbocycles. The lowest BCUT2D eigenvalue weighted by atomic mass is 10.2. The summed E-state index contributed by atoms with van der Waals surface area (Å²) in [5.41, 5.74) is 0.0758. The van der Waals surface area contributed by atoms with E-state index in [9.17, 15) is 13.2 Å². The van der Waals surface area contributed by atoms with Crippen LogP contribution in [0.5, 0.6) is 0 Å². The number of unbranched alkanes of at least 4 members (excludes halogenated alkanes) is 1. The van der Waals surface area contributed by atoms with E-state index in [1.165, 1.54) is 12.4 Å². The number of fused-ring (bicyclic) bond motifs is 1. The number of rotatable bonds is 5. The third-order valence-electron chi connectivity index (χ3n) is 3.68. The maximum absolute atomic E-state index is 12.9. The highest BCUT2D eigenvalue weighted by Gasteiger charge is 2.31. The van der Waals surface area contributed by atoms with E-state index in [0.717, 1.165) is 23.9 Å². The van der Waals surface area contributed by atoms with Crippen LogP contribution in [-0.4, -0.2) is 19.5 Å². The number of benzene rings is 1. The van der Waals surface area contributed by atoms with Crippen LogP contribution in [0.2, 0.25) is 5.02 Å². The highest BCUT2D eigenvalue weighted by molar-refractivity contribution is 7.99. The summed E-state index contributed by atoms with van der Waals surface area (Å²) in [5.74, 6) is 2.55. The average Bonchev–Trinajstić information content (AvgIpc) is 3.03. The first kappa shape index (κ1) is 19.3. The Labute approximate surface area is 161 Å². The Morgan fingerprint density at radius 1 is 1.37 bits per heavy atom. The lowest BCUT2D eigenvalue weighted by Gasteiger charge is -2.09. The number of hydrogen-bond acceptors (Lipinski definition) is 4. The van der Waals surface area contributed by atoms with Gasteiger partial charge in [-0.15, -0.1) is 12.3 Å². The molecule has 3 rings (SSSR count). The van der Waals surface area contributed by atoms with Gasteiger partial charge in [0.15, 0.2) is 16.3 Å². The normalized spacial score (nSPS) is 11.7. The number of imidazole rings is 1. The Balaban J connectivity index is 1.97. The SMILES string of the molecule is C#CCCCn1cnc(=N)c2[nH]c(Sc3cc(C(F)(F)F)ccc3Cl)nc21. The molecule has 0 fully saturated rings. The highest BCUT2D eigenvalue weighted by atomic mass is 35.5. The minimum atomic E-state index is -4.47. The van der Waals surface area contributed by atoms with Crippen LogP contribution in [-0.2, 0) is 12.7 Å². The number of alkyl halides is 3. The summed E-state index contributed by atoms with van der Waals surface area (Å²) in [7, 11) is 0. The summed E-state index contributed by atoms with van der Waals surface area (Å²) in [4.78, 5) is 11.5. The van der Waals surface area contributed by atoms with Gasteiger partial charge < -0.3 is 9.55 Å². The molecule has 0 unspecified atom stereocenters. The first-order chi connectivity index (χ1) is 12.8. The molecule has 10 heteroatoms. The van der Waals surface area contributed by atoms with Crippen molar-refractivity contribution >= 4 is 34.5 Å². The zero-order chi connectivity index (χ0) is 19.6. The smallest absolute Gasteiger partial charge is 0.328 e. The second-order valence-electron chi connectivity index (χ2n) is 5.58. The number of aromatic amines is 1. The van der Waals surface area contributed by atoms with E-state index in [1.54, 1.807) is 4.57 Å². The third-order valence-corrected chi connectivity index (χ3v) is 5.07. The van der Waals surface area contributed by atoms with Gasteiger partial charge in [0.25, 0.3) is 0 Å². The molecule has 0 radical (unpaired) electrons. The largest absolute Gasteiger partial charge is 0.416 e. The van der Waals surface area contributed by atoms with Gasteiger partial charge >= 0.3 is 6.18 Å². The highest BCUT2D eigenvalue weighted by Crippen LogP contribution is 2.37. The van der Waals surface area contributed by atoms with Crippen LogP contribution >= 0.6 is 23.4 Å². The minimum absolute atomic E-state index is 0.00677. The number of H-pyrrole nitrogens is 1. The van der Waals surface area contributed by atoms with Crippen LogP contribution in [0.4, 0.5) is 13.2 Å². The summed E-state index contributed by atoms with van der Waals surface area (Å²) in [6.45, 7) is 0.563. The van der Waals surface area contributed by atoms with E-state index in [-0.39, 0.29) is 15.4 Å². The van der Waals surface area contributed by atoms with Gasteiger partial charge in [0.2, 0.25) is 0 Å². The van der Waals surface area contributed by atoms with Gasteiger partial charge in [-0.05, 0) is 24.6 Å². The molecule has 0 spiro atoms. The molecule has 0 atom stereocenters. The number of terminal acetylenes is 1. The molecule has 0 aliphatic rings. The van der Waals surface area contributed by atoms with Gasteiger partial charge in [0.05, 0.1) is 16.9 Å². The molecule has 2 heterocycles. The fourth-order valence-electron chi connectivity index (χ4n) is 2.39. The summed E-state index contributed by atoms with van der Waals surface area (Å²) in [5, 5.41) is 8.41. The molecule has 0 bridgehead atoms. The van der Waals surface area contributed by atoms with Crippen molar-refractivity contribution in [2.75, 3.05) is 0 Å². The number of aromatic nitrogens is 4. The van der Waals surface area contributed by atoms with Crippen LogP contribution < -0.4 is 5.49 Å². The van der Waals surface area contributed by atoms with Crippen molar-refractivity contribution in [3.63, 3.8) is 0 Å². The molecule has 0 saturated carbocycles. The van der Waals surface area contributed by atoms with Crippen molar-refractivity contribution in [3.05, 3.63) is 40.6 Å². The predicted molar refractivity (Wildman–Crippen MR) is 96.4 cm³/mol. The number of nitrogens with zero attached hydrogens (tertiary/aromatic N) is 3. The van der Waals surface area contributed by atoms with E-state index in [1.807, 2.05) is 0 Å². The monoisotopic (exact) mass is 411 g/mol. The van der Waals surface area contributed by atoms with Crippen LogP contribution in [0.3, 0.4) is 0 Å². The summed E-state index contributed by atoms with van der Waals surface area (Å²) >= 11 is 7.00. The van der Waals surface area contributed by atoms with Crippen LogP contribution in [0.1, 0.15) is 18.4 Å². The van der Waals surface area contributed by atoms with Crippen molar-refractivity contribution in [3.8, 4) is 12.3 Å². The molecule has 0 amide bonds. The fraction of sp³-hybridized carbons (Fsp3) is 0.235.